The van der Waals surface area contributed by atoms with Crippen molar-refractivity contribution in [1.29, 1.82) is 0 Å². The fourth-order valence-electron chi connectivity index (χ4n) is 9.20. The SMILES string of the molecule is CCCCC/C=C\C=C/CCCCCCCCCCCC(O)C(=O)NC(COC1OC(CO)C(O)C(O)C1O)C(O)C(O)CCC/C=C/CCCCCCCCCCCCCCCCCCCCC. The van der Waals surface area contributed by atoms with Gasteiger partial charge in [0.15, 0.2) is 6.29 Å². The zero-order valence-corrected chi connectivity index (χ0v) is 44.3. The molecule has 1 aliphatic heterocycles. The molecule has 11 heteroatoms. The van der Waals surface area contributed by atoms with Gasteiger partial charge in [-0.3, -0.25) is 4.79 Å². The Labute approximate surface area is 422 Å². The van der Waals surface area contributed by atoms with Crippen molar-refractivity contribution in [1.82, 2.24) is 5.32 Å². The quantitative estimate of drug-likeness (QED) is 0.0165. The highest BCUT2D eigenvalue weighted by atomic mass is 16.7. The van der Waals surface area contributed by atoms with Crippen LogP contribution in [0.4, 0.5) is 0 Å². The summed E-state index contributed by atoms with van der Waals surface area (Å²) in [4.78, 5) is 13.2. The molecular formula is C58H109NO10. The van der Waals surface area contributed by atoms with Gasteiger partial charge in [0.25, 0.3) is 0 Å². The molecule has 0 aromatic carbocycles. The van der Waals surface area contributed by atoms with Crippen molar-refractivity contribution in [2.24, 2.45) is 0 Å². The van der Waals surface area contributed by atoms with Crippen molar-refractivity contribution in [3.05, 3.63) is 36.5 Å². The van der Waals surface area contributed by atoms with Gasteiger partial charge >= 0.3 is 0 Å². The van der Waals surface area contributed by atoms with E-state index in [-0.39, 0.29) is 12.8 Å². The van der Waals surface area contributed by atoms with Gasteiger partial charge in [-0.1, -0.05) is 230 Å². The van der Waals surface area contributed by atoms with Crippen LogP contribution in [0.1, 0.15) is 258 Å². The van der Waals surface area contributed by atoms with E-state index in [1.54, 1.807) is 0 Å². The summed E-state index contributed by atoms with van der Waals surface area (Å²) in [6.45, 7) is 3.43. The molecule has 1 amide bonds. The first-order valence-corrected chi connectivity index (χ1v) is 28.9. The lowest BCUT2D eigenvalue weighted by Gasteiger charge is -2.40. The molecule has 406 valence electrons. The first-order valence-electron chi connectivity index (χ1n) is 28.9. The summed E-state index contributed by atoms with van der Waals surface area (Å²) in [5.41, 5.74) is 0. The van der Waals surface area contributed by atoms with Gasteiger partial charge < -0.3 is 50.5 Å². The molecule has 9 unspecified atom stereocenters. The highest BCUT2D eigenvalue weighted by Gasteiger charge is 2.44. The summed E-state index contributed by atoms with van der Waals surface area (Å²) in [5.74, 6) is -0.709. The average Bonchev–Trinajstić information content (AvgIpc) is 3.35. The maximum Gasteiger partial charge on any atom is 0.249 e. The molecule has 1 heterocycles. The Balaban J connectivity index is 2.33. The number of rotatable bonds is 49. The predicted octanol–water partition coefficient (Wildman–Crippen LogP) is 11.9. The van der Waals surface area contributed by atoms with Crippen LogP contribution >= 0.6 is 0 Å². The lowest BCUT2D eigenvalue weighted by atomic mass is 9.98. The number of hydrogen-bond acceptors (Lipinski definition) is 10. The van der Waals surface area contributed by atoms with Crippen molar-refractivity contribution in [3.63, 3.8) is 0 Å². The van der Waals surface area contributed by atoms with E-state index in [2.05, 4.69) is 55.6 Å². The van der Waals surface area contributed by atoms with E-state index < -0.39 is 74.2 Å². The molecule has 0 aliphatic carbocycles. The lowest BCUT2D eigenvalue weighted by molar-refractivity contribution is -0.303. The second-order valence-corrected chi connectivity index (χ2v) is 20.4. The zero-order chi connectivity index (χ0) is 50.4. The van der Waals surface area contributed by atoms with Gasteiger partial charge in [-0.05, 0) is 64.2 Å². The van der Waals surface area contributed by atoms with Crippen LogP contribution in [-0.2, 0) is 14.3 Å². The van der Waals surface area contributed by atoms with E-state index in [9.17, 15) is 40.5 Å². The third-order valence-corrected chi connectivity index (χ3v) is 13.9. The van der Waals surface area contributed by atoms with Crippen LogP contribution in [0.2, 0.25) is 0 Å². The second-order valence-electron chi connectivity index (χ2n) is 20.4. The minimum Gasteiger partial charge on any atom is -0.394 e. The fourth-order valence-corrected chi connectivity index (χ4v) is 9.20. The van der Waals surface area contributed by atoms with E-state index in [1.165, 1.54) is 173 Å². The van der Waals surface area contributed by atoms with Crippen LogP contribution < -0.4 is 5.32 Å². The molecular weight excluding hydrogens is 871 g/mol. The molecule has 1 fully saturated rings. The number of aliphatic hydroxyl groups excluding tert-OH is 7. The van der Waals surface area contributed by atoms with E-state index in [0.717, 1.165) is 44.9 Å². The van der Waals surface area contributed by atoms with Crippen LogP contribution in [0.5, 0.6) is 0 Å². The number of nitrogens with one attached hydrogen (secondary N) is 1. The normalized spacial score (nSPS) is 20.6. The summed E-state index contributed by atoms with van der Waals surface area (Å²) in [6, 6.07) is -1.19. The number of carbonyl (C=O) groups is 1. The van der Waals surface area contributed by atoms with Gasteiger partial charge in [0, 0.05) is 0 Å². The monoisotopic (exact) mass is 980 g/mol. The maximum atomic E-state index is 13.2. The molecule has 8 N–H and O–H groups in total. The summed E-state index contributed by atoms with van der Waals surface area (Å²) >= 11 is 0. The van der Waals surface area contributed by atoms with E-state index in [1.807, 2.05) is 0 Å². The third kappa shape index (κ3) is 36.0. The van der Waals surface area contributed by atoms with Gasteiger partial charge in [0.2, 0.25) is 5.91 Å². The van der Waals surface area contributed by atoms with E-state index in [4.69, 9.17) is 9.47 Å². The Morgan fingerprint density at radius 1 is 0.507 bits per heavy atom. The highest BCUT2D eigenvalue weighted by molar-refractivity contribution is 5.80. The molecule has 0 radical (unpaired) electrons. The minimum atomic E-state index is -1.67. The third-order valence-electron chi connectivity index (χ3n) is 13.9. The second kappa shape index (κ2) is 47.3. The lowest BCUT2D eigenvalue weighted by Crippen LogP contribution is -2.60. The summed E-state index contributed by atoms with van der Waals surface area (Å²) < 4.78 is 11.1. The largest absolute Gasteiger partial charge is 0.394 e. The molecule has 0 spiro atoms. The number of ether oxygens (including phenoxy) is 2. The summed E-state index contributed by atoms with van der Waals surface area (Å²) in [5, 5.41) is 76.1. The van der Waals surface area contributed by atoms with Gasteiger partial charge in [0.05, 0.1) is 25.4 Å². The van der Waals surface area contributed by atoms with Crippen molar-refractivity contribution in [2.75, 3.05) is 13.2 Å². The molecule has 0 bridgehead atoms. The molecule has 9 atom stereocenters. The molecule has 69 heavy (non-hydrogen) atoms. The smallest absolute Gasteiger partial charge is 0.249 e. The summed E-state index contributed by atoms with van der Waals surface area (Å²) in [6.07, 6.45) is 46.2. The van der Waals surface area contributed by atoms with Gasteiger partial charge in [0.1, 0.15) is 36.6 Å². The predicted molar refractivity (Wildman–Crippen MR) is 284 cm³/mol. The number of carbonyl (C=O) groups excluding carboxylic acids is 1. The van der Waals surface area contributed by atoms with Gasteiger partial charge in [-0.2, -0.15) is 0 Å². The minimum absolute atomic E-state index is 0.248. The van der Waals surface area contributed by atoms with Crippen LogP contribution in [0.25, 0.3) is 0 Å². The maximum absolute atomic E-state index is 13.2. The molecule has 0 saturated carbocycles. The molecule has 0 aromatic rings. The molecule has 1 saturated heterocycles. The molecule has 1 aliphatic rings. The van der Waals surface area contributed by atoms with E-state index >= 15 is 0 Å². The van der Waals surface area contributed by atoms with Crippen molar-refractivity contribution in [3.8, 4) is 0 Å². The molecule has 11 nitrogen and oxygen atoms in total. The standard InChI is InChI=1S/C58H109NO10/c1-3-5-7-9-11-13-15-17-19-21-23-24-25-26-27-28-30-31-33-35-37-39-41-43-45-50(61)53(63)49(48-68-58-56(66)55(65)54(64)52(47-60)69-58)59-57(67)51(62)46-44-42-40-38-36-34-32-29-22-20-18-16-14-12-10-8-6-4-2/h12,14,16,18,37,39,49-56,58,60-66H,3-11,13,15,17,19-36,38,40-48H2,1-2H3,(H,59,67)/b14-12-,18-16-,39-37+. The van der Waals surface area contributed by atoms with Crippen molar-refractivity contribution in [2.45, 2.75) is 313 Å². The first kappa shape index (κ1) is 65.3. The highest BCUT2D eigenvalue weighted by Crippen LogP contribution is 2.23. The molecule has 1 rings (SSSR count). The Hall–Kier alpha value is -1.67. The van der Waals surface area contributed by atoms with E-state index in [0.29, 0.717) is 12.8 Å². The Morgan fingerprint density at radius 3 is 1.36 bits per heavy atom. The van der Waals surface area contributed by atoms with Gasteiger partial charge in [-0.15, -0.1) is 0 Å². The zero-order valence-electron chi connectivity index (χ0n) is 44.3. The number of amides is 1. The first-order chi connectivity index (χ1) is 33.7. The van der Waals surface area contributed by atoms with Gasteiger partial charge in [-0.25, -0.2) is 0 Å². The number of allylic oxidation sites excluding steroid dienone is 6. The Morgan fingerprint density at radius 2 is 0.899 bits per heavy atom. The van der Waals surface area contributed by atoms with Crippen molar-refractivity contribution >= 4 is 5.91 Å². The fraction of sp³-hybridized carbons (Fsp3) is 0.879. The van der Waals surface area contributed by atoms with Crippen LogP contribution in [0.3, 0.4) is 0 Å². The molecule has 0 aromatic heterocycles. The van der Waals surface area contributed by atoms with Crippen LogP contribution in [0.15, 0.2) is 36.5 Å². The number of aliphatic hydroxyl groups is 7. The topological polar surface area (TPSA) is 189 Å². The average molecular weight is 981 g/mol. The number of unbranched alkanes of at least 4 members (excludes halogenated alkanes) is 32. The van der Waals surface area contributed by atoms with Crippen LogP contribution in [-0.4, -0.2) is 110 Å². The van der Waals surface area contributed by atoms with Crippen LogP contribution in [0, 0.1) is 0 Å². The Bertz CT molecular complexity index is 1210. The Kier molecular flexibility index (Phi) is 44.8. The number of hydrogen-bond donors (Lipinski definition) is 8. The van der Waals surface area contributed by atoms with Crippen molar-refractivity contribution < 1.29 is 50.0 Å². The summed E-state index contributed by atoms with van der Waals surface area (Å²) in [7, 11) is 0.